The molecular formula is C15H19NO5S. The largest absolute Gasteiger partial charge is 0.479 e. The molecule has 1 aromatic rings. The van der Waals surface area contributed by atoms with Gasteiger partial charge in [-0.15, -0.1) is 0 Å². The molecule has 1 atom stereocenters. The van der Waals surface area contributed by atoms with Crippen molar-refractivity contribution in [3.63, 3.8) is 0 Å². The maximum atomic E-state index is 12.3. The molecule has 1 aliphatic rings. The zero-order valence-electron chi connectivity index (χ0n) is 12.5. The van der Waals surface area contributed by atoms with E-state index in [9.17, 15) is 23.1 Å². The molecule has 0 aliphatic carbocycles. The van der Waals surface area contributed by atoms with Crippen molar-refractivity contribution in [2.45, 2.75) is 31.6 Å². The molecule has 0 fully saturated rings. The monoisotopic (exact) mass is 325 g/mol. The van der Waals surface area contributed by atoms with Gasteiger partial charge in [-0.1, -0.05) is 24.3 Å². The van der Waals surface area contributed by atoms with Gasteiger partial charge in [0.2, 0.25) is 5.91 Å². The number of carboxylic acids is 1. The Hall–Kier alpha value is -1.89. The lowest BCUT2D eigenvalue weighted by molar-refractivity contribution is -0.150. The van der Waals surface area contributed by atoms with Crippen LogP contribution in [-0.2, 0) is 25.8 Å². The van der Waals surface area contributed by atoms with Gasteiger partial charge in [0.15, 0.2) is 15.9 Å². The van der Waals surface area contributed by atoms with Gasteiger partial charge in [0.1, 0.15) is 5.75 Å². The third-order valence-electron chi connectivity index (χ3n) is 3.88. The third kappa shape index (κ3) is 3.14. The first kappa shape index (κ1) is 16.5. The van der Waals surface area contributed by atoms with Crippen molar-refractivity contribution in [3.05, 3.63) is 35.4 Å². The number of carbonyl (C=O) groups excluding carboxylic acids is 1. The molecule has 1 aliphatic heterocycles. The zero-order chi connectivity index (χ0) is 16.5. The van der Waals surface area contributed by atoms with Gasteiger partial charge in [-0.3, -0.25) is 4.79 Å². The van der Waals surface area contributed by atoms with Crippen LogP contribution >= 0.6 is 0 Å². The number of hydrogen-bond donors (Lipinski definition) is 1. The van der Waals surface area contributed by atoms with E-state index in [1.165, 1.54) is 13.8 Å². The second-order valence-corrected chi connectivity index (χ2v) is 8.19. The van der Waals surface area contributed by atoms with Crippen LogP contribution in [0.25, 0.3) is 0 Å². The Morgan fingerprint density at radius 1 is 1.32 bits per heavy atom. The zero-order valence-corrected chi connectivity index (χ0v) is 13.3. The van der Waals surface area contributed by atoms with Crippen LogP contribution in [0.5, 0.6) is 0 Å². The number of amides is 1. The predicted molar refractivity (Wildman–Crippen MR) is 81.2 cm³/mol. The average Bonchev–Trinajstić information content (AvgIpc) is 2.45. The van der Waals surface area contributed by atoms with E-state index in [0.29, 0.717) is 12.0 Å². The third-order valence-corrected chi connectivity index (χ3v) is 5.97. The van der Waals surface area contributed by atoms with E-state index in [2.05, 4.69) is 0 Å². The first-order chi connectivity index (χ1) is 10.2. The summed E-state index contributed by atoms with van der Waals surface area (Å²) in [5, 5.41) is 8.80. The number of aliphatic carboxylic acids is 1. The van der Waals surface area contributed by atoms with E-state index in [-0.39, 0.29) is 6.54 Å². The predicted octanol–water partition coefficient (Wildman–Crippen LogP) is 1.02. The molecule has 1 aromatic carbocycles. The van der Waals surface area contributed by atoms with Crippen LogP contribution in [0, 0.1) is 0 Å². The minimum absolute atomic E-state index is 0.209. The van der Waals surface area contributed by atoms with Crippen LogP contribution in [0.2, 0.25) is 0 Å². The normalized spacial score (nSPS) is 18.1. The van der Waals surface area contributed by atoms with Crippen molar-refractivity contribution in [2.75, 3.05) is 12.3 Å². The van der Waals surface area contributed by atoms with Crippen LogP contribution in [0.15, 0.2) is 24.3 Å². The van der Waals surface area contributed by atoms with Crippen LogP contribution in [0.3, 0.4) is 0 Å². The van der Waals surface area contributed by atoms with Crippen LogP contribution in [0.4, 0.5) is 0 Å². The number of fused-ring (bicyclic) bond motifs is 1. The van der Waals surface area contributed by atoms with E-state index in [1.807, 2.05) is 12.1 Å². The van der Waals surface area contributed by atoms with Gasteiger partial charge in [-0.05, 0) is 31.4 Å². The molecule has 6 nitrogen and oxygen atoms in total. The van der Waals surface area contributed by atoms with Crippen LogP contribution in [-0.4, -0.2) is 47.8 Å². The fourth-order valence-electron chi connectivity index (χ4n) is 2.52. The lowest BCUT2D eigenvalue weighted by atomic mass is 9.92. The van der Waals surface area contributed by atoms with Gasteiger partial charge < -0.3 is 10.0 Å². The van der Waals surface area contributed by atoms with E-state index in [1.54, 1.807) is 12.1 Å². The van der Waals surface area contributed by atoms with Crippen molar-refractivity contribution in [2.24, 2.45) is 0 Å². The SMILES string of the molecule is CC(C)S(=O)(=O)CC(=O)N1CCc2ccccc2C1C(=O)O. The highest BCUT2D eigenvalue weighted by atomic mass is 32.2. The molecule has 0 bridgehead atoms. The van der Waals surface area contributed by atoms with E-state index < -0.39 is 38.8 Å². The molecule has 1 unspecified atom stereocenters. The molecule has 22 heavy (non-hydrogen) atoms. The Kier molecular flexibility index (Phi) is 4.55. The van der Waals surface area contributed by atoms with E-state index >= 15 is 0 Å². The number of hydrogen-bond acceptors (Lipinski definition) is 4. The summed E-state index contributed by atoms with van der Waals surface area (Å²) in [7, 11) is -3.56. The Labute approximate surface area is 129 Å². The molecule has 0 aromatic heterocycles. The summed E-state index contributed by atoms with van der Waals surface area (Å²) in [4.78, 5) is 25.1. The Morgan fingerprint density at radius 2 is 1.95 bits per heavy atom. The summed E-state index contributed by atoms with van der Waals surface area (Å²) < 4.78 is 23.8. The van der Waals surface area contributed by atoms with E-state index in [4.69, 9.17) is 0 Å². The summed E-state index contributed by atoms with van der Waals surface area (Å²) in [6, 6.07) is 5.91. The summed E-state index contributed by atoms with van der Waals surface area (Å²) in [5.41, 5.74) is 1.43. The number of sulfone groups is 1. The molecule has 1 N–H and O–H groups in total. The van der Waals surface area contributed by atoms with E-state index in [0.717, 1.165) is 10.5 Å². The maximum absolute atomic E-state index is 12.3. The second-order valence-electron chi connectivity index (χ2n) is 5.63. The lowest BCUT2D eigenvalue weighted by Gasteiger charge is -2.34. The molecule has 0 spiro atoms. The lowest BCUT2D eigenvalue weighted by Crippen LogP contribution is -2.46. The van der Waals surface area contributed by atoms with Crippen molar-refractivity contribution < 1.29 is 23.1 Å². The quantitative estimate of drug-likeness (QED) is 0.892. The minimum Gasteiger partial charge on any atom is -0.479 e. The fraction of sp³-hybridized carbons (Fsp3) is 0.467. The average molecular weight is 325 g/mol. The molecule has 1 amide bonds. The summed E-state index contributed by atoms with van der Waals surface area (Å²) in [5.74, 6) is -2.46. The number of carboxylic acid groups (broad SMARTS) is 1. The summed E-state index contributed by atoms with van der Waals surface area (Å²) in [6.07, 6.45) is 0.521. The molecule has 2 rings (SSSR count). The highest BCUT2D eigenvalue weighted by Crippen LogP contribution is 2.30. The highest BCUT2D eigenvalue weighted by Gasteiger charge is 2.37. The Bertz CT molecular complexity index is 696. The molecule has 120 valence electrons. The van der Waals surface area contributed by atoms with Crippen LogP contribution in [0.1, 0.15) is 31.0 Å². The fourth-order valence-corrected chi connectivity index (χ4v) is 3.37. The molecule has 0 saturated heterocycles. The van der Waals surface area contributed by atoms with Crippen molar-refractivity contribution in [3.8, 4) is 0 Å². The topological polar surface area (TPSA) is 91.8 Å². The standard InChI is InChI=1S/C15H19NO5S/c1-10(2)22(20,21)9-13(17)16-8-7-11-5-3-4-6-12(11)14(16)15(18)19/h3-6,10,14H,7-9H2,1-2H3,(H,18,19). The number of nitrogens with zero attached hydrogens (tertiary/aromatic N) is 1. The summed E-state index contributed by atoms with van der Waals surface area (Å²) in [6.45, 7) is 3.21. The Balaban J connectivity index is 2.32. The van der Waals surface area contributed by atoms with Gasteiger partial charge in [0, 0.05) is 6.54 Å². The van der Waals surface area contributed by atoms with Gasteiger partial charge in [0.05, 0.1) is 5.25 Å². The van der Waals surface area contributed by atoms with Crippen molar-refractivity contribution in [1.29, 1.82) is 0 Å². The number of carbonyl (C=O) groups is 2. The smallest absolute Gasteiger partial charge is 0.331 e. The van der Waals surface area contributed by atoms with Gasteiger partial charge in [0.25, 0.3) is 0 Å². The maximum Gasteiger partial charge on any atom is 0.331 e. The minimum atomic E-state index is -3.56. The summed E-state index contributed by atoms with van der Waals surface area (Å²) >= 11 is 0. The number of benzene rings is 1. The molecule has 0 radical (unpaired) electrons. The molecule has 0 saturated carbocycles. The first-order valence-electron chi connectivity index (χ1n) is 7.05. The first-order valence-corrected chi connectivity index (χ1v) is 8.77. The number of rotatable bonds is 4. The van der Waals surface area contributed by atoms with Gasteiger partial charge >= 0.3 is 5.97 Å². The molecule has 7 heteroatoms. The van der Waals surface area contributed by atoms with Crippen molar-refractivity contribution >= 4 is 21.7 Å². The van der Waals surface area contributed by atoms with Crippen molar-refractivity contribution in [1.82, 2.24) is 4.90 Å². The van der Waals surface area contributed by atoms with Gasteiger partial charge in [-0.25, -0.2) is 13.2 Å². The van der Waals surface area contributed by atoms with Crippen LogP contribution < -0.4 is 0 Å². The van der Waals surface area contributed by atoms with Gasteiger partial charge in [-0.2, -0.15) is 0 Å². The highest BCUT2D eigenvalue weighted by molar-refractivity contribution is 7.92. The second kappa shape index (κ2) is 6.08. The Morgan fingerprint density at radius 3 is 2.55 bits per heavy atom. The molecular weight excluding hydrogens is 306 g/mol. The molecule has 1 heterocycles.